The van der Waals surface area contributed by atoms with Crippen LogP contribution in [0.15, 0.2) is 0 Å². The molecule has 0 aromatic carbocycles. The zero-order valence-electron chi connectivity index (χ0n) is 11.1. The molecule has 17 heavy (non-hydrogen) atoms. The molecule has 1 unspecified atom stereocenters. The van der Waals surface area contributed by atoms with Crippen LogP contribution in [0.4, 0.5) is 0 Å². The zero-order valence-corrected chi connectivity index (χ0v) is 11.1. The van der Waals surface area contributed by atoms with Crippen molar-refractivity contribution in [2.75, 3.05) is 26.7 Å². The molecule has 0 aliphatic carbocycles. The van der Waals surface area contributed by atoms with E-state index in [4.69, 9.17) is 0 Å². The number of carbonyl (C=O) groups excluding carboxylic acids is 2. The number of esters is 1. The molecular weight excluding hydrogens is 220 g/mol. The summed E-state index contributed by atoms with van der Waals surface area (Å²) in [6, 6.07) is -0.000903. The van der Waals surface area contributed by atoms with Crippen molar-refractivity contribution in [3.05, 3.63) is 0 Å². The first kappa shape index (κ1) is 14.0. The van der Waals surface area contributed by atoms with Crippen molar-refractivity contribution in [1.29, 1.82) is 0 Å². The van der Waals surface area contributed by atoms with Gasteiger partial charge in [-0.25, -0.2) is 0 Å². The molecule has 1 amide bonds. The molecule has 1 heterocycles. The molecule has 0 spiro atoms. The van der Waals surface area contributed by atoms with Crippen LogP contribution >= 0.6 is 0 Å². The summed E-state index contributed by atoms with van der Waals surface area (Å²) in [4.78, 5) is 25.4. The van der Waals surface area contributed by atoms with Crippen LogP contribution in [0.3, 0.4) is 0 Å². The largest absolute Gasteiger partial charge is 0.468 e. The Hall–Kier alpha value is -1.10. The highest BCUT2D eigenvalue weighted by Crippen LogP contribution is 2.28. The molecule has 5 heteroatoms. The second-order valence-corrected chi connectivity index (χ2v) is 5.09. The van der Waals surface area contributed by atoms with Crippen LogP contribution in [0.5, 0.6) is 0 Å². The molecule has 1 saturated heterocycles. The van der Waals surface area contributed by atoms with E-state index in [1.807, 2.05) is 20.8 Å². The topological polar surface area (TPSA) is 58.6 Å². The molecule has 0 aromatic heterocycles. The fraction of sp³-hybridized carbons (Fsp3) is 0.833. The fourth-order valence-corrected chi connectivity index (χ4v) is 2.04. The molecule has 1 aliphatic heterocycles. The maximum Gasteiger partial charge on any atom is 0.325 e. The van der Waals surface area contributed by atoms with Gasteiger partial charge in [0.25, 0.3) is 0 Å². The molecule has 1 fully saturated rings. The van der Waals surface area contributed by atoms with Crippen LogP contribution < -0.4 is 5.32 Å². The number of hydrogen-bond donors (Lipinski definition) is 1. The van der Waals surface area contributed by atoms with Crippen molar-refractivity contribution >= 4 is 11.9 Å². The van der Waals surface area contributed by atoms with Crippen molar-refractivity contribution in [2.45, 2.75) is 33.2 Å². The van der Waals surface area contributed by atoms with Gasteiger partial charge in [0, 0.05) is 12.6 Å². The number of methoxy groups -OCH3 is 1. The van der Waals surface area contributed by atoms with E-state index in [1.165, 1.54) is 7.11 Å². The van der Waals surface area contributed by atoms with Gasteiger partial charge >= 0.3 is 5.97 Å². The third-order valence-corrected chi connectivity index (χ3v) is 3.30. The number of amides is 1. The Morgan fingerprint density at radius 3 is 2.53 bits per heavy atom. The third kappa shape index (κ3) is 3.19. The second kappa shape index (κ2) is 5.49. The highest BCUT2D eigenvalue weighted by atomic mass is 16.5. The number of nitrogens with one attached hydrogen (secondary N) is 1. The number of ether oxygens (including phenoxy) is 1. The Kier molecular flexibility index (Phi) is 4.51. The van der Waals surface area contributed by atoms with Gasteiger partial charge in [-0.3, -0.25) is 9.59 Å². The van der Waals surface area contributed by atoms with E-state index in [-0.39, 0.29) is 24.5 Å². The maximum absolute atomic E-state index is 12.4. The third-order valence-electron chi connectivity index (χ3n) is 3.30. The SMILES string of the molecule is COC(=O)CN(C(=O)C1(C)CCNC1)C(C)C. The molecule has 1 atom stereocenters. The maximum atomic E-state index is 12.4. The van der Waals surface area contributed by atoms with Gasteiger partial charge in [0.1, 0.15) is 6.54 Å². The summed E-state index contributed by atoms with van der Waals surface area (Å²) in [5.74, 6) is -0.343. The van der Waals surface area contributed by atoms with Crippen molar-refractivity contribution in [3.8, 4) is 0 Å². The van der Waals surface area contributed by atoms with Crippen molar-refractivity contribution in [1.82, 2.24) is 10.2 Å². The Balaban J connectivity index is 2.76. The molecule has 0 saturated carbocycles. The molecule has 1 aliphatic rings. The van der Waals surface area contributed by atoms with E-state index < -0.39 is 5.41 Å². The van der Waals surface area contributed by atoms with Gasteiger partial charge in [0.05, 0.1) is 12.5 Å². The Bertz CT molecular complexity index is 296. The second-order valence-electron chi connectivity index (χ2n) is 5.09. The van der Waals surface area contributed by atoms with E-state index in [0.29, 0.717) is 6.54 Å². The first-order chi connectivity index (χ1) is 7.90. The van der Waals surface area contributed by atoms with Crippen LogP contribution in [0, 0.1) is 5.41 Å². The van der Waals surface area contributed by atoms with Gasteiger partial charge in [0.2, 0.25) is 5.91 Å². The molecule has 0 radical (unpaired) electrons. The lowest BCUT2D eigenvalue weighted by Gasteiger charge is -2.33. The molecule has 1 N–H and O–H groups in total. The Morgan fingerprint density at radius 1 is 1.47 bits per heavy atom. The first-order valence-electron chi connectivity index (χ1n) is 5.99. The highest BCUT2D eigenvalue weighted by molar-refractivity contribution is 5.86. The normalized spacial score (nSPS) is 23.8. The lowest BCUT2D eigenvalue weighted by molar-refractivity contribution is -0.152. The lowest BCUT2D eigenvalue weighted by Crippen LogP contribution is -2.49. The molecular formula is C12H22N2O3. The molecule has 1 rings (SSSR count). The standard InChI is InChI=1S/C12H22N2O3/c1-9(2)14(7-10(15)17-4)11(16)12(3)5-6-13-8-12/h9,13H,5-8H2,1-4H3. The van der Waals surface area contributed by atoms with Gasteiger partial charge in [-0.2, -0.15) is 0 Å². The van der Waals surface area contributed by atoms with Gasteiger partial charge < -0.3 is 15.0 Å². The van der Waals surface area contributed by atoms with Crippen LogP contribution in [0.1, 0.15) is 27.2 Å². The Morgan fingerprint density at radius 2 is 2.12 bits per heavy atom. The summed E-state index contributed by atoms with van der Waals surface area (Å²) in [6.07, 6.45) is 0.816. The summed E-state index contributed by atoms with van der Waals surface area (Å²) in [5, 5.41) is 3.19. The van der Waals surface area contributed by atoms with Crippen molar-refractivity contribution in [3.63, 3.8) is 0 Å². The number of carbonyl (C=O) groups is 2. The van der Waals surface area contributed by atoms with E-state index in [2.05, 4.69) is 10.1 Å². The number of nitrogens with zero attached hydrogens (tertiary/aromatic N) is 1. The quantitative estimate of drug-likeness (QED) is 0.725. The summed E-state index contributed by atoms with van der Waals surface area (Å²) in [6.45, 7) is 7.33. The van der Waals surface area contributed by atoms with Crippen molar-refractivity contribution in [2.24, 2.45) is 5.41 Å². The summed E-state index contributed by atoms with van der Waals surface area (Å²) < 4.78 is 4.63. The smallest absolute Gasteiger partial charge is 0.325 e. The van der Waals surface area contributed by atoms with Gasteiger partial charge in [-0.15, -0.1) is 0 Å². The highest BCUT2D eigenvalue weighted by Gasteiger charge is 2.40. The monoisotopic (exact) mass is 242 g/mol. The minimum absolute atomic E-state index is 0.000903. The first-order valence-corrected chi connectivity index (χ1v) is 5.99. The van der Waals surface area contributed by atoms with Gasteiger partial charge in [0.15, 0.2) is 0 Å². The molecule has 0 aromatic rings. The van der Waals surface area contributed by atoms with Crippen LogP contribution in [-0.2, 0) is 14.3 Å². The fourth-order valence-electron chi connectivity index (χ4n) is 2.04. The average Bonchev–Trinajstić information content (AvgIpc) is 2.72. The number of rotatable bonds is 4. The summed E-state index contributed by atoms with van der Waals surface area (Å²) in [5.41, 5.74) is -0.391. The minimum Gasteiger partial charge on any atom is -0.468 e. The molecule has 5 nitrogen and oxygen atoms in total. The Labute approximate surface area is 102 Å². The lowest BCUT2D eigenvalue weighted by atomic mass is 9.87. The van der Waals surface area contributed by atoms with E-state index in [1.54, 1.807) is 4.90 Å². The van der Waals surface area contributed by atoms with E-state index >= 15 is 0 Å². The van der Waals surface area contributed by atoms with Gasteiger partial charge in [-0.1, -0.05) is 0 Å². The average molecular weight is 242 g/mol. The zero-order chi connectivity index (χ0) is 13.1. The summed E-state index contributed by atoms with van der Waals surface area (Å²) in [7, 11) is 1.34. The molecule has 0 bridgehead atoms. The van der Waals surface area contributed by atoms with E-state index in [9.17, 15) is 9.59 Å². The van der Waals surface area contributed by atoms with Crippen LogP contribution in [0.2, 0.25) is 0 Å². The van der Waals surface area contributed by atoms with Crippen LogP contribution in [-0.4, -0.2) is 49.6 Å². The predicted octanol–water partition coefficient (Wildman–Crippen LogP) is 0.396. The molecule has 98 valence electrons. The predicted molar refractivity (Wildman–Crippen MR) is 64.5 cm³/mol. The van der Waals surface area contributed by atoms with Gasteiger partial charge in [-0.05, 0) is 33.7 Å². The summed E-state index contributed by atoms with van der Waals surface area (Å²) >= 11 is 0. The van der Waals surface area contributed by atoms with Crippen LogP contribution in [0.25, 0.3) is 0 Å². The number of hydrogen-bond acceptors (Lipinski definition) is 4. The minimum atomic E-state index is -0.391. The van der Waals surface area contributed by atoms with Crippen molar-refractivity contribution < 1.29 is 14.3 Å². The van der Waals surface area contributed by atoms with E-state index in [0.717, 1.165) is 13.0 Å².